The molecule has 0 radical (unpaired) electrons. The summed E-state index contributed by atoms with van der Waals surface area (Å²) in [4.78, 5) is 12.9. The molecule has 1 aromatic carbocycles. The Morgan fingerprint density at radius 1 is 1.18 bits per heavy atom. The Balaban J connectivity index is 2.00. The molecular weight excluding hydrogens is 420 g/mol. The lowest BCUT2D eigenvalue weighted by Crippen LogP contribution is -2.32. The second kappa shape index (κ2) is 11.9. The van der Waals surface area contributed by atoms with Gasteiger partial charge in [0.15, 0.2) is 0 Å². The van der Waals surface area contributed by atoms with Gasteiger partial charge in [0, 0.05) is 0 Å². The van der Waals surface area contributed by atoms with E-state index in [1.54, 1.807) is 0 Å². The minimum absolute atomic E-state index is 0.155. The summed E-state index contributed by atoms with van der Waals surface area (Å²) in [5.74, 6) is 2.23. The molecule has 0 saturated heterocycles. The molecule has 34 heavy (non-hydrogen) atoms. The quantitative estimate of drug-likeness (QED) is 0.341. The minimum atomic E-state index is -0.393. The van der Waals surface area contributed by atoms with E-state index in [-0.39, 0.29) is 11.4 Å². The van der Waals surface area contributed by atoms with Gasteiger partial charge in [-0.1, -0.05) is 70.7 Å². The lowest BCUT2D eigenvalue weighted by atomic mass is 9.63. The molecule has 0 heterocycles. The molecule has 0 unspecified atom stereocenters. The van der Waals surface area contributed by atoms with Gasteiger partial charge in [-0.3, -0.25) is 0 Å². The molecule has 3 heteroatoms. The van der Waals surface area contributed by atoms with Crippen LogP contribution in [0.2, 0.25) is 0 Å². The highest BCUT2D eigenvalue weighted by molar-refractivity contribution is 5.91. The normalized spacial score (nSPS) is 30.4. The van der Waals surface area contributed by atoms with Crippen molar-refractivity contribution in [2.24, 2.45) is 23.2 Å². The van der Waals surface area contributed by atoms with Crippen LogP contribution in [0.1, 0.15) is 120 Å². The Bertz CT molecular complexity index is 854. The van der Waals surface area contributed by atoms with Crippen LogP contribution in [0.15, 0.2) is 29.8 Å². The molecule has 2 bridgehead atoms. The van der Waals surface area contributed by atoms with Gasteiger partial charge < -0.3 is 9.84 Å². The van der Waals surface area contributed by atoms with Gasteiger partial charge in [-0.2, -0.15) is 0 Å². The van der Waals surface area contributed by atoms with Crippen LogP contribution in [0.4, 0.5) is 0 Å². The van der Waals surface area contributed by atoms with Crippen molar-refractivity contribution in [2.75, 3.05) is 7.11 Å². The highest BCUT2D eigenvalue weighted by Gasteiger charge is 2.49. The summed E-state index contributed by atoms with van der Waals surface area (Å²) in [6, 6.07) is 6.31. The van der Waals surface area contributed by atoms with E-state index in [0.717, 1.165) is 49.1 Å². The third kappa shape index (κ3) is 6.33. The van der Waals surface area contributed by atoms with E-state index in [9.17, 15) is 9.90 Å². The topological polar surface area (TPSA) is 46.5 Å². The monoisotopic (exact) mass is 468 g/mol. The fourth-order valence-corrected chi connectivity index (χ4v) is 6.94. The first-order valence-electron chi connectivity index (χ1n) is 13.7. The molecule has 0 aromatic heterocycles. The fraction of sp³-hybridized carbons (Fsp3) is 0.710. The summed E-state index contributed by atoms with van der Waals surface area (Å²) in [5.41, 5.74) is 4.43. The lowest BCUT2D eigenvalue weighted by Gasteiger charge is -2.41. The van der Waals surface area contributed by atoms with Crippen molar-refractivity contribution < 1.29 is 14.6 Å². The van der Waals surface area contributed by atoms with Crippen molar-refractivity contribution in [3.63, 3.8) is 0 Å². The number of ether oxygens (including phenoxy) is 1. The first-order valence-corrected chi connectivity index (χ1v) is 13.7. The zero-order chi connectivity index (χ0) is 24.9. The van der Waals surface area contributed by atoms with Gasteiger partial charge in [0.25, 0.3) is 0 Å². The van der Waals surface area contributed by atoms with Crippen LogP contribution in [0.3, 0.4) is 0 Å². The van der Waals surface area contributed by atoms with E-state index in [2.05, 4.69) is 52.8 Å². The third-order valence-corrected chi connectivity index (χ3v) is 8.95. The van der Waals surface area contributed by atoms with E-state index in [1.165, 1.54) is 38.4 Å². The number of carbonyl (C=O) groups is 1. The van der Waals surface area contributed by atoms with E-state index in [1.807, 2.05) is 6.07 Å². The molecule has 3 aliphatic carbocycles. The lowest BCUT2D eigenvalue weighted by molar-refractivity contribution is 0.0595. The molecule has 3 aliphatic rings. The zero-order valence-electron chi connectivity index (χ0n) is 22.5. The van der Waals surface area contributed by atoms with E-state index in [0.29, 0.717) is 29.7 Å². The number of carbonyl (C=O) groups excluding carboxylic acids is 1. The number of aliphatic hydroxyl groups excluding tert-OH is 1. The fourth-order valence-electron chi connectivity index (χ4n) is 6.94. The highest BCUT2D eigenvalue weighted by atomic mass is 16.5. The summed E-state index contributed by atoms with van der Waals surface area (Å²) in [5, 5.41) is 10.6. The van der Waals surface area contributed by atoms with Crippen LogP contribution < -0.4 is 0 Å². The highest BCUT2D eigenvalue weighted by Crippen LogP contribution is 2.59. The van der Waals surface area contributed by atoms with E-state index < -0.39 is 6.10 Å². The number of allylic oxidation sites excluding steroid dienone is 2. The number of fused-ring (bicyclic) bond motifs is 8. The maximum Gasteiger partial charge on any atom is 0.338 e. The Hall–Kier alpha value is -1.61. The molecule has 1 saturated carbocycles. The van der Waals surface area contributed by atoms with Crippen molar-refractivity contribution in [1.29, 1.82) is 0 Å². The maximum atomic E-state index is 12.9. The van der Waals surface area contributed by atoms with Crippen molar-refractivity contribution in [3.05, 3.63) is 46.5 Å². The Labute approximate surface area is 208 Å². The van der Waals surface area contributed by atoms with E-state index >= 15 is 0 Å². The SMILES string of the molecule is COC(=O)c1cc2ccc1[C@@H]1CC[C@H]([C@H](C)CCCC(C)C)[C@@]1(C)CC/C=C(/C)CC[C@H](O)C2. The molecule has 190 valence electrons. The standard InChI is InChI=1S/C31H48O3/c1-21(2)9-7-11-23(4)28-16-17-29-26-15-13-24(20-27(26)30(33)34-6)19-25(32)14-12-22(3)10-8-18-31(28,29)5/h10,13,15,20-21,23,25,28-29,32H,7-9,11-12,14,16-19H2,1-6H3/b22-10-/t23-,25+,28-,29+,31-/m1/s1. The number of aliphatic hydroxyl groups is 1. The van der Waals surface area contributed by atoms with Gasteiger partial charge in [0.2, 0.25) is 0 Å². The van der Waals surface area contributed by atoms with Gasteiger partial charge in [0.1, 0.15) is 0 Å². The molecule has 0 aliphatic heterocycles. The second-order valence-electron chi connectivity index (χ2n) is 11.9. The smallest absolute Gasteiger partial charge is 0.338 e. The predicted octanol–water partition coefficient (Wildman–Crippen LogP) is 7.86. The summed E-state index contributed by atoms with van der Waals surface area (Å²) in [6.07, 6.45) is 12.7. The second-order valence-corrected chi connectivity index (χ2v) is 11.9. The first-order chi connectivity index (χ1) is 16.2. The maximum absolute atomic E-state index is 12.9. The van der Waals surface area contributed by atoms with Crippen LogP contribution in [-0.4, -0.2) is 24.3 Å². The average Bonchev–Trinajstić information content (AvgIpc) is 3.13. The first kappa shape index (κ1) is 27.0. The third-order valence-electron chi connectivity index (χ3n) is 8.95. The molecule has 1 N–H and O–H groups in total. The van der Waals surface area contributed by atoms with Crippen LogP contribution in [-0.2, 0) is 11.2 Å². The molecular formula is C31H48O3. The van der Waals surface area contributed by atoms with Crippen molar-refractivity contribution in [3.8, 4) is 0 Å². The average molecular weight is 469 g/mol. The van der Waals surface area contributed by atoms with Gasteiger partial charge in [-0.05, 0) is 98.1 Å². The summed E-state index contributed by atoms with van der Waals surface area (Å²) < 4.78 is 5.24. The number of benzene rings is 1. The predicted molar refractivity (Wildman–Crippen MR) is 141 cm³/mol. The summed E-state index contributed by atoms with van der Waals surface area (Å²) in [7, 11) is 1.48. The van der Waals surface area contributed by atoms with Gasteiger partial charge in [-0.25, -0.2) is 4.79 Å². The molecule has 0 amide bonds. The Morgan fingerprint density at radius 2 is 1.94 bits per heavy atom. The number of hydrogen-bond donors (Lipinski definition) is 1. The van der Waals surface area contributed by atoms with Crippen molar-refractivity contribution >= 4 is 5.97 Å². The molecule has 5 atom stereocenters. The largest absolute Gasteiger partial charge is 0.465 e. The number of hydrogen-bond acceptors (Lipinski definition) is 3. The van der Waals surface area contributed by atoms with Gasteiger partial charge >= 0.3 is 5.97 Å². The Morgan fingerprint density at radius 3 is 2.65 bits per heavy atom. The summed E-state index contributed by atoms with van der Waals surface area (Å²) >= 11 is 0. The number of methoxy groups -OCH3 is 1. The van der Waals surface area contributed by atoms with Crippen LogP contribution in [0.5, 0.6) is 0 Å². The van der Waals surface area contributed by atoms with Gasteiger partial charge in [0.05, 0.1) is 18.8 Å². The van der Waals surface area contributed by atoms with Crippen LogP contribution >= 0.6 is 0 Å². The molecule has 1 fully saturated rings. The van der Waals surface area contributed by atoms with Gasteiger partial charge in [-0.15, -0.1) is 0 Å². The molecule has 4 rings (SSSR count). The van der Waals surface area contributed by atoms with Crippen LogP contribution in [0, 0.1) is 23.2 Å². The van der Waals surface area contributed by atoms with Crippen molar-refractivity contribution in [1.82, 2.24) is 0 Å². The van der Waals surface area contributed by atoms with E-state index in [4.69, 9.17) is 4.74 Å². The summed E-state index contributed by atoms with van der Waals surface area (Å²) in [6.45, 7) is 11.8. The molecule has 1 aromatic rings. The van der Waals surface area contributed by atoms with Crippen molar-refractivity contribution in [2.45, 2.75) is 111 Å². The van der Waals surface area contributed by atoms with Crippen LogP contribution in [0.25, 0.3) is 0 Å². The number of esters is 1. The minimum Gasteiger partial charge on any atom is -0.465 e. The molecule has 3 nitrogen and oxygen atoms in total. The molecule has 0 spiro atoms. The Kier molecular flexibility index (Phi) is 9.43. The number of rotatable bonds is 6. The zero-order valence-corrected chi connectivity index (χ0v) is 22.5.